The molecule has 0 spiro atoms. The van der Waals surface area contributed by atoms with Crippen molar-refractivity contribution >= 4 is 23.3 Å². The van der Waals surface area contributed by atoms with Gasteiger partial charge in [0.2, 0.25) is 5.88 Å². The van der Waals surface area contributed by atoms with Crippen LogP contribution >= 0.6 is 11.6 Å². The number of benzene rings is 1. The Balaban J connectivity index is 2.25. The van der Waals surface area contributed by atoms with E-state index in [9.17, 15) is 4.79 Å². The number of nitrogens with zero attached hydrogens (tertiary/aromatic N) is 3. The summed E-state index contributed by atoms with van der Waals surface area (Å²) < 4.78 is 21.3. The fourth-order valence-corrected chi connectivity index (χ4v) is 2.87. The molecule has 3 aromatic rings. The molecule has 25 heavy (non-hydrogen) atoms. The average molecular weight is 363 g/mol. The lowest BCUT2D eigenvalue weighted by Gasteiger charge is -2.10. The number of hydrogen-bond donors (Lipinski definition) is 1. The summed E-state index contributed by atoms with van der Waals surface area (Å²) in [7, 11) is 0. The van der Waals surface area contributed by atoms with Crippen LogP contribution in [0.25, 0.3) is 5.65 Å². The number of rotatable bonds is 4. The molecule has 8 heteroatoms. The van der Waals surface area contributed by atoms with Crippen LogP contribution < -0.4 is 10.5 Å². The SMILES string of the molecule is CC(C)c1c(C(F)c2ccccc2)nn2c(OC(N)=O)cc(Cl)nc12. The molecule has 0 fully saturated rings. The maximum Gasteiger partial charge on any atom is 0.411 e. The second-order valence-corrected chi connectivity index (χ2v) is 6.19. The molecule has 0 aliphatic heterocycles. The third kappa shape index (κ3) is 3.28. The van der Waals surface area contributed by atoms with Crippen LogP contribution in [-0.4, -0.2) is 20.7 Å². The number of fused-ring (bicyclic) bond motifs is 1. The molecule has 2 aromatic heterocycles. The van der Waals surface area contributed by atoms with Crippen molar-refractivity contribution in [3.8, 4) is 5.88 Å². The smallest absolute Gasteiger partial charge is 0.391 e. The Labute approximate surface area is 148 Å². The Hall–Kier alpha value is -2.67. The first-order chi connectivity index (χ1) is 11.9. The average Bonchev–Trinajstić information content (AvgIpc) is 2.94. The predicted octanol–water partition coefficient (Wildman–Crippen LogP) is 4.02. The lowest BCUT2D eigenvalue weighted by Crippen LogP contribution is -2.18. The van der Waals surface area contributed by atoms with Crippen molar-refractivity contribution in [3.63, 3.8) is 0 Å². The summed E-state index contributed by atoms with van der Waals surface area (Å²) in [6, 6.07) is 9.98. The van der Waals surface area contributed by atoms with Gasteiger partial charge in [0.05, 0.1) is 0 Å². The maximum absolute atomic E-state index is 15.2. The van der Waals surface area contributed by atoms with Crippen LogP contribution in [0.5, 0.6) is 5.88 Å². The molecule has 1 unspecified atom stereocenters. The molecule has 2 heterocycles. The van der Waals surface area contributed by atoms with Crippen molar-refractivity contribution in [3.05, 3.63) is 58.4 Å². The largest absolute Gasteiger partial charge is 0.411 e. The second-order valence-electron chi connectivity index (χ2n) is 5.80. The van der Waals surface area contributed by atoms with E-state index in [0.717, 1.165) is 0 Å². The van der Waals surface area contributed by atoms with Gasteiger partial charge in [0.25, 0.3) is 0 Å². The molecule has 1 amide bonds. The van der Waals surface area contributed by atoms with Crippen molar-refractivity contribution in [1.82, 2.24) is 14.6 Å². The van der Waals surface area contributed by atoms with E-state index in [1.807, 2.05) is 19.9 Å². The molecule has 130 valence electrons. The molecule has 1 aromatic carbocycles. The lowest BCUT2D eigenvalue weighted by molar-refractivity contribution is 0.207. The molecule has 3 rings (SSSR count). The van der Waals surface area contributed by atoms with Crippen LogP contribution in [0.2, 0.25) is 5.15 Å². The zero-order valence-corrected chi connectivity index (χ0v) is 14.4. The van der Waals surface area contributed by atoms with Crippen LogP contribution in [0.1, 0.15) is 42.8 Å². The maximum atomic E-state index is 15.2. The van der Waals surface area contributed by atoms with Gasteiger partial charge in [-0.1, -0.05) is 55.8 Å². The van der Waals surface area contributed by atoms with E-state index in [2.05, 4.69) is 10.1 Å². The van der Waals surface area contributed by atoms with Crippen molar-refractivity contribution in [2.45, 2.75) is 25.9 Å². The molecule has 2 N–H and O–H groups in total. The number of carbonyl (C=O) groups is 1. The number of alkyl halides is 1. The molecular weight excluding hydrogens is 347 g/mol. The quantitative estimate of drug-likeness (QED) is 0.710. The fourth-order valence-electron chi connectivity index (χ4n) is 2.69. The van der Waals surface area contributed by atoms with E-state index >= 15 is 4.39 Å². The van der Waals surface area contributed by atoms with Gasteiger partial charge in [0.1, 0.15) is 10.8 Å². The van der Waals surface area contributed by atoms with Gasteiger partial charge >= 0.3 is 6.09 Å². The third-order valence-electron chi connectivity index (χ3n) is 3.70. The van der Waals surface area contributed by atoms with E-state index in [1.165, 1.54) is 10.6 Å². The predicted molar refractivity (Wildman–Crippen MR) is 91.7 cm³/mol. The zero-order valence-electron chi connectivity index (χ0n) is 13.6. The highest BCUT2D eigenvalue weighted by Gasteiger charge is 2.27. The number of aromatic nitrogens is 3. The van der Waals surface area contributed by atoms with Crippen LogP contribution in [-0.2, 0) is 0 Å². The number of hydrogen-bond acceptors (Lipinski definition) is 4. The summed E-state index contributed by atoms with van der Waals surface area (Å²) in [6.45, 7) is 3.80. The summed E-state index contributed by atoms with van der Waals surface area (Å²) in [5.74, 6) is -0.0993. The molecule has 0 aliphatic rings. The van der Waals surface area contributed by atoms with Gasteiger partial charge in [-0.2, -0.15) is 9.61 Å². The van der Waals surface area contributed by atoms with Crippen molar-refractivity contribution in [1.29, 1.82) is 0 Å². The number of carbonyl (C=O) groups excluding carboxylic acids is 1. The highest BCUT2D eigenvalue weighted by atomic mass is 35.5. The van der Waals surface area contributed by atoms with Crippen molar-refractivity contribution in [2.24, 2.45) is 5.73 Å². The molecule has 1 atom stereocenters. The number of halogens is 2. The summed E-state index contributed by atoms with van der Waals surface area (Å²) in [5, 5.41) is 4.38. The highest BCUT2D eigenvalue weighted by molar-refractivity contribution is 6.29. The van der Waals surface area contributed by atoms with E-state index in [0.29, 0.717) is 16.8 Å². The van der Waals surface area contributed by atoms with Crippen LogP contribution in [0.4, 0.5) is 9.18 Å². The van der Waals surface area contributed by atoms with Crippen LogP contribution in [0.15, 0.2) is 36.4 Å². The van der Waals surface area contributed by atoms with E-state index in [-0.39, 0.29) is 22.6 Å². The molecule has 0 saturated carbocycles. The van der Waals surface area contributed by atoms with Crippen molar-refractivity contribution < 1.29 is 13.9 Å². The minimum absolute atomic E-state index is 0.0177. The Morgan fingerprint density at radius 3 is 2.60 bits per heavy atom. The third-order valence-corrected chi connectivity index (χ3v) is 3.90. The minimum atomic E-state index is -1.46. The molecule has 0 bridgehead atoms. The summed E-state index contributed by atoms with van der Waals surface area (Å²) in [4.78, 5) is 15.4. The molecule has 0 saturated heterocycles. The van der Waals surface area contributed by atoms with Crippen LogP contribution in [0, 0.1) is 0 Å². The fraction of sp³-hybridized carbons (Fsp3) is 0.235. The summed E-state index contributed by atoms with van der Waals surface area (Å²) in [6.07, 6.45) is -2.48. The van der Waals surface area contributed by atoms with Gasteiger partial charge in [0, 0.05) is 11.6 Å². The highest BCUT2D eigenvalue weighted by Crippen LogP contribution is 2.35. The monoisotopic (exact) mass is 362 g/mol. The Morgan fingerprint density at radius 2 is 2.00 bits per heavy atom. The zero-order chi connectivity index (χ0) is 18.1. The number of ether oxygens (including phenoxy) is 1. The van der Waals surface area contributed by atoms with Gasteiger partial charge in [-0.05, 0) is 11.5 Å². The van der Waals surface area contributed by atoms with Gasteiger partial charge in [-0.3, -0.25) is 0 Å². The topological polar surface area (TPSA) is 82.5 Å². The molecular formula is C17H16ClFN4O2. The Bertz CT molecular complexity index is 927. The minimum Gasteiger partial charge on any atom is -0.391 e. The van der Waals surface area contributed by atoms with E-state index < -0.39 is 12.3 Å². The first-order valence-electron chi connectivity index (χ1n) is 7.64. The van der Waals surface area contributed by atoms with E-state index in [1.54, 1.807) is 24.3 Å². The second kappa shape index (κ2) is 6.68. The summed E-state index contributed by atoms with van der Waals surface area (Å²) >= 11 is 6.01. The normalized spacial score (nSPS) is 12.5. The Kier molecular flexibility index (Phi) is 4.59. The van der Waals surface area contributed by atoms with Gasteiger partial charge in [0.15, 0.2) is 11.8 Å². The molecule has 0 aliphatic carbocycles. The lowest BCUT2D eigenvalue weighted by atomic mass is 9.98. The Morgan fingerprint density at radius 1 is 1.32 bits per heavy atom. The number of primary amides is 1. The van der Waals surface area contributed by atoms with Crippen LogP contribution in [0.3, 0.4) is 0 Å². The summed E-state index contributed by atoms with van der Waals surface area (Å²) in [5.41, 5.74) is 6.67. The standard InChI is InChI=1S/C17H16ClFN4O2/c1-9(2)13-15(14(19)10-6-4-3-5-7-10)22-23-12(25-17(20)24)8-11(18)21-16(13)23/h3-9,14H,1-2H3,(H2,20,24). The van der Waals surface area contributed by atoms with Gasteiger partial charge in [-0.25, -0.2) is 14.2 Å². The van der Waals surface area contributed by atoms with Crippen molar-refractivity contribution in [2.75, 3.05) is 0 Å². The van der Waals surface area contributed by atoms with Gasteiger partial charge in [-0.15, -0.1) is 0 Å². The van der Waals surface area contributed by atoms with E-state index in [4.69, 9.17) is 22.1 Å². The first kappa shape index (κ1) is 17.2. The first-order valence-corrected chi connectivity index (χ1v) is 8.01. The number of nitrogens with two attached hydrogens (primary N) is 1. The molecule has 6 nitrogen and oxygen atoms in total. The molecule has 0 radical (unpaired) electrons. The van der Waals surface area contributed by atoms with Gasteiger partial charge < -0.3 is 10.5 Å². The number of amides is 1.